The van der Waals surface area contributed by atoms with Gasteiger partial charge in [0.25, 0.3) is 0 Å². The molecule has 4 fully saturated rings. The largest absolute Gasteiger partial charge is 0.493 e. The highest BCUT2D eigenvalue weighted by atomic mass is 16.6. The minimum absolute atomic E-state index is 0.0217. The van der Waals surface area contributed by atoms with Crippen molar-refractivity contribution in [3.8, 4) is 11.5 Å². The molecule has 1 aromatic carbocycles. The lowest BCUT2D eigenvalue weighted by atomic mass is 9.53. The summed E-state index contributed by atoms with van der Waals surface area (Å²) in [5.74, 6) is 1.97. The Bertz CT molecular complexity index is 901. The molecule has 6 atom stereocenters. The number of carbonyl (C=O) groups is 1. The molecule has 188 valence electrons. The predicted molar refractivity (Wildman–Crippen MR) is 127 cm³/mol. The van der Waals surface area contributed by atoms with Gasteiger partial charge in [0.2, 0.25) is 0 Å². The van der Waals surface area contributed by atoms with E-state index in [1.807, 2.05) is 18.2 Å². The second-order valence-corrected chi connectivity index (χ2v) is 11.1. The topological polar surface area (TPSA) is 80.8 Å². The van der Waals surface area contributed by atoms with E-state index in [-0.39, 0.29) is 41.5 Å². The van der Waals surface area contributed by atoms with Crippen LogP contribution in [0.1, 0.15) is 51.0 Å². The summed E-state index contributed by atoms with van der Waals surface area (Å²) in [5, 5.41) is 9.49. The number of aliphatic hydroxyl groups is 1. The van der Waals surface area contributed by atoms with E-state index in [2.05, 4.69) is 11.8 Å². The van der Waals surface area contributed by atoms with Crippen LogP contribution < -0.4 is 9.47 Å². The number of esters is 1. The molecule has 4 aliphatic rings. The van der Waals surface area contributed by atoms with Crippen molar-refractivity contribution in [2.75, 3.05) is 40.5 Å². The van der Waals surface area contributed by atoms with Gasteiger partial charge in [-0.15, -0.1) is 0 Å². The molecule has 0 amide bonds. The minimum Gasteiger partial charge on any atom is -0.493 e. The maximum atomic E-state index is 13.1. The number of hydrogen-bond donors (Lipinski definition) is 1. The van der Waals surface area contributed by atoms with Crippen LogP contribution >= 0.6 is 0 Å². The van der Waals surface area contributed by atoms with Crippen molar-refractivity contribution in [2.24, 2.45) is 23.2 Å². The van der Waals surface area contributed by atoms with Gasteiger partial charge in [0.1, 0.15) is 6.10 Å². The quantitative estimate of drug-likeness (QED) is 0.435. The number of carbonyl (C=O) groups excluding carboxylic acids is 1. The number of aliphatic hydroxyl groups excluding tert-OH is 1. The van der Waals surface area contributed by atoms with Crippen LogP contribution in [0.5, 0.6) is 11.5 Å². The Balaban J connectivity index is 1.33. The van der Waals surface area contributed by atoms with Crippen LogP contribution in [-0.2, 0) is 20.8 Å². The molecule has 1 spiro atoms. The van der Waals surface area contributed by atoms with Crippen LogP contribution in [0.4, 0.5) is 0 Å². The first-order valence-electron chi connectivity index (χ1n) is 12.8. The third-order valence-electron chi connectivity index (χ3n) is 9.02. The van der Waals surface area contributed by atoms with Gasteiger partial charge < -0.3 is 24.1 Å². The zero-order valence-corrected chi connectivity index (χ0v) is 20.8. The van der Waals surface area contributed by atoms with Gasteiger partial charge in [-0.05, 0) is 67.6 Å². The average Bonchev–Trinajstić information content (AvgIpc) is 3.53. The molecule has 0 radical (unpaired) electrons. The van der Waals surface area contributed by atoms with Gasteiger partial charge in [0, 0.05) is 32.2 Å². The Hall–Kier alpha value is -1.83. The number of ether oxygens (including phenoxy) is 4. The second kappa shape index (κ2) is 9.32. The molecule has 0 bridgehead atoms. The lowest BCUT2D eigenvalue weighted by Gasteiger charge is -2.51. The highest BCUT2D eigenvalue weighted by Gasteiger charge is 2.65. The SMILES string of the molecule is COc1ccc(CN(CCCO)C[C@@H]2C(=O)O[C@@H]3C[C@]4(C)CCC[C@]5(CO5)[C@H]4C[C@@H]23)cc1OC. The number of fused-ring (bicyclic) bond motifs is 3. The number of nitrogens with zero attached hydrogens (tertiary/aromatic N) is 1. The van der Waals surface area contributed by atoms with E-state index in [0.29, 0.717) is 36.9 Å². The van der Waals surface area contributed by atoms with E-state index in [1.54, 1.807) is 14.2 Å². The molecule has 1 N–H and O–H groups in total. The highest BCUT2D eigenvalue weighted by Crippen LogP contribution is 2.62. The molecular formula is C27H39NO6. The van der Waals surface area contributed by atoms with Crippen molar-refractivity contribution in [1.82, 2.24) is 4.90 Å². The molecule has 2 aliphatic carbocycles. The van der Waals surface area contributed by atoms with Gasteiger partial charge in [0.05, 0.1) is 32.3 Å². The first kappa shape index (κ1) is 23.9. The monoisotopic (exact) mass is 473 g/mol. The number of benzene rings is 1. The molecule has 2 saturated heterocycles. The van der Waals surface area contributed by atoms with Crippen LogP contribution in [0.15, 0.2) is 18.2 Å². The standard InChI is InChI=1S/C27H39NO6/c1-26-8-4-9-27(17-33-27)24(26)13-19-20(25(30)34-23(19)14-26)16-28(10-5-11-29)15-18-6-7-21(31-2)22(12-18)32-3/h6-7,12,19-20,23-24,29H,4-5,8-11,13-17H2,1-3H3/t19-,20-,23+,24-,26-,27-/m0/s1. The Kier molecular flexibility index (Phi) is 6.55. The zero-order valence-electron chi connectivity index (χ0n) is 20.8. The summed E-state index contributed by atoms with van der Waals surface area (Å²) in [5.41, 5.74) is 1.36. The Morgan fingerprint density at radius 2 is 2.00 bits per heavy atom. The molecule has 7 heteroatoms. The zero-order chi connectivity index (χ0) is 23.9. The molecule has 2 heterocycles. The van der Waals surface area contributed by atoms with E-state index >= 15 is 0 Å². The van der Waals surface area contributed by atoms with Crippen molar-refractivity contribution >= 4 is 5.97 Å². The fraction of sp³-hybridized carbons (Fsp3) is 0.741. The lowest BCUT2D eigenvalue weighted by Crippen LogP contribution is -2.51. The number of methoxy groups -OCH3 is 2. The Morgan fingerprint density at radius 3 is 2.71 bits per heavy atom. The van der Waals surface area contributed by atoms with Crippen LogP contribution in [-0.4, -0.2) is 68.2 Å². The Morgan fingerprint density at radius 1 is 1.21 bits per heavy atom. The molecule has 2 aliphatic heterocycles. The summed E-state index contributed by atoms with van der Waals surface area (Å²) in [4.78, 5) is 15.4. The van der Waals surface area contributed by atoms with Gasteiger partial charge in [-0.1, -0.05) is 13.0 Å². The van der Waals surface area contributed by atoms with E-state index in [0.717, 1.165) is 38.0 Å². The highest BCUT2D eigenvalue weighted by molar-refractivity contribution is 5.75. The summed E-state index contributed by atoms with van der Waals surface area (Å²) < 4.78 is 22.9. The Labute approximate surface area is 202 Å². The van der Waals surface area contributed by atoms with Gasteiger partial charge in [-0.25, -0.2) is 0 Å². The third kappa shape index (κ3) is 4.31. The van der Waals surface area contributed by atoms with E-state index in [4.69, 9.17) is 18.9 Å². The van der Waals surface area contributed by atoms with E-state index in [1.165, 1.54) is 12.8 Å². The molecular weight excluding hydrogens is 434 g/mol. The summed E-state index contributed by atoms with van der Waals surface area (Å²) in [6.07, 6.45) is 6.24. The summed E-state index contributed by atoms with van der Waals surface area (Å²) in [7, 11) is 3.27. The molecule has 0 aromatic heterocycles. The summed E-state index contributed by atoms with van der Waals surface area (Å²) in [6.45, 7) is 5.44. The fourth-order valence-electron chi connectivity index (χ4n) is 7.21. The number of epoxide rings is 1. The van der Waals surface area contributed by atoms with Crippen LogP contribution in [0.2, 0.25) is 0 Å². The average molecular weight is 474 g/mol. The minimum atomic E-state index is -0.133. The van der Waals surface area contributed by atoms with Crippen molar-refractivity contribution in [1.29, 1.82) is 0 Å². The molecule has 2 saturated carbocycles. The van der Waals surface area contributed by atoms with Crippen molar-refractivity contribution in [3.63, 3.8) is 0 Å². The van der Waals surface area contributed by atoms with Crippen LogP contribution in [0.25, 0.3) is 0 Å². The van der Waals surface area contributed by atoms with Gasteiger partial charge in [-0.3, -0.25) is 9.69 Å². The predicted octanol–water partition coefficient (Wildman–Crippen LogP) is 3.42. The van der Waals surface area contributed by atoms with Gasteiger partial charge >= 0.3 is 5.97 Å². The fourth-order valence-corrected chi connectivity index (χ4v) is 7.21. The van der Waals surface area contributed by atoms with Gasteiger partial charge in [-0.2, -0.15) is 0 Å². The number of hydrogen-bond acceptors (Lipinski definition) is 7. The summed E-state index contributed by atoms with van der Waals surface area (Å²) >= 11 is 0. The normalized spacial score (nSPS) is 36.2. The van der Waals surface area contributed by atoms with E-state index in [9.17, 15) is 9.90 Å². The van der Waals surface area contributed by atoms with Crippen LogP contribution in [0.3, 0.4) is 0 Å². The first-order chi connectivity index (χ1) is 16.4. The van der Waals surface area contributed by atoms with Crippen molar-refractivity contribution in [3.05, 3.63) is 23.8 Å². The van der Waals surface area contributed by atoms with Crippen molar-refractivity contribution in [2.45, 2.75) is 63.7 Å². The molecule has 1 aromatic rings. The van der Waals surface area contributed by atoms with Crippen molar-refractivity contribution < 1.29 is 28.8 Å². The van der Waals surface area contributed by atoms with Crippen LogP contribution in [0, 0.1) is 23.2 Å². The molecule has 0 unspecified atom stereocenters. The summed E-state index contributed by atoms with van der Waals surface area (Å²) in [6, 6.07) is 5.94. The molecule has 7 nitrogen and oxygen atoms in total. The third-order valence-corrected chi connectivity index (χ3v) is 9.02. The number of rotatable bonds is 9. The first-order valence-corrected chi connectivity index (χ1v) is 12.8. The van der Waals surface area contributed by atoms with Gasteiger partial charge in [0.15, 0.2) is 11.5 Å². The second-order valence-electron chi connectivity index (χ2n) is 11.1. The molecule has 34 heavy (non-hydrogen) atoms. The molecule has 5 rings (SSSR count). The lowest BCUT2D eigenvalue weighted by molar-refractivity contribution is -0.147. The maximum Gasteiger partial charge on any atom is 0.310 e. The maximum absolute atomic E-state index is 13.1. The smallest absolute Gasteiger partial charge is 0.310 e. The van der Waals surface area contributed by atoms with E-state index < -0.39 is 0 Å².